The first-order valence-corrected chi connectivity index (χ1v) is 20.5. The van der Waals surface area contributed by atoms with E-state index in [9.17, 15) is 19.5 Å². The molecule has 6 aliphatic carbocycles. The number of aliphatic carboxylic acids is 1. The number of nitrogens with zero attached hydrogens (tertiary/aromatic N) is 2. The molecule has 8 nitrogen and oxygen atoms in total. The van der Waals surface area contributed by atoms with Gasteiger partial charge >= 0.3 is 11.9 Å². The van der Waals surface area contributed by atoms with E-state index in [1.807, 2.05) is 18.5 Å². The lowest BCUT2D eigenvalue weighted by Crippen LogP contribution is -2.65. The fourth-order valence-electron chi connectivity index (χ4n) is 13.6. The van der Waals surface area contributed by atoms with Gasteiger partial charge in [0.2, 0.25) is 0 Å². The van der Waals surface area contributed by atoms with Crippen molar-refractivity contribution in [2.45, 2.75) is 157 Å². The van der Waals surface area contributed by atoms with E-state index >= 15 is 0 Å². The van der Waals surface area contributed by atoms with E-state index < -0.39 is 17.4 Å². The first-order chi connectivity index (χ1) is 24.3. The number of esters is 1. The van der Waals surface area contributed by atoms with E-state index in [-0.39, 0.29) is 51.1 Å². The predicted molar refractivity (Wildman–Crippen MR) is 201 cm³/mol. The van der Waals surface area contributed by atoms with E-state index in [4.69, 9.17) is 4.74 Å². The van der Waals surface area contributed by atoms with Gasteiger partial charge in [0.05, 0.1) is 17.4 Å². The molecule has 1 aromatic rings. The standard InChI is InChI=1S/C44H65N3O5/c1-27(2)34-29(48)25-43(21-24-47-44(19-20-44)36-45-22-10-23-46-36)18-17-41(8)28(35(34)43)11-12-31-40(7)15-14-32(52-33(49)26-38(3,4)37(50)51)39(5,6)30(40)13-16-42(31,41)9/h10,22-23,27-28,30-32,47H,11-21,24-26H2,1-9H3,(H,50,51)/t28?,30-,31+,32-,40-,41+,42+,43+/m0/s1. The average Bonchev–Trinajstić information content (AvgIpc) is 3.79. The van der Waals surface area contributed by atoms with Crippen LogP contribution < -0.4 is 5.32 Å². The summed E-state index contributed by atoms with van der Waals surface area (Å²) in [6, 6.07) is 1.88. The summed E-state index contributed by atoms with van der Waals surface area (Å²) >= 11 is 0. The minimum Gasteiger partial charge on any atom is -0.481 e. The molecular formula is C44H65N3O5. The number of carbonyl (C=O) groups excluding carboxylic acids is 2. The molecule has 6 aliphatic rings. The predicted octanol–water partition coefficient (Wildman–Crippen LogP) is 8.84. The first-order valence-electron chi connectivity index (χ1n) is 20.5. The number of carboxylic acid groups (broad SMARTS) is 1. The minimum atomic E-state index is -1.15. The molecule has 0 spiro atoms. The zero-order valence-electron chi connectivity index (χ0n) is 33.5. The van der Waals surface area contributed by atoms with Gasteiger partial charge in [-0.15, -0.1) is 0 Å². The largest absolute Gasteiger partial charge is 0.481 e. The van der Waals surface area contributed by atoms with Crippen LogP contribution in [-0.4, -0.2) is 45.4 Å². The third-order valence-electron chi connectivity index (χ3n) is 16.8. The van der Waals surface area contributed by atoms with E-state index in [1.54, 1.807) is 13.8 Å². The minimum absolute atomic E-state index is 0.0646. The molecule has 1 unspecified atom stereocenters. The monoisotopic (exact) mass is 715 g/mol. The van der Waals surface area contributed by atoms with Crippen LogP contribution in [0.2, 0.25) is 0 Å². The van der Waals surface area contributed by atoms with Crippen molar-refractivity contribution in [2.24, 2.45) is 56.2 Å². The number of ether oxygens (including phenoxy) is 1. The summed E-state index contributed by atoms with van der Waals surface area (Å²) in [5.41, 5.74) is 1.51. The molecule has 8 heteroatoms. The number of fused-ring (bicyclic) bond motifs is 7. The maximum absolute atomic E-state index is 14.1. The SMILES string of the molecule is CC(C)C1=C2C3CC[C@@H]4[C@@]5(C)CC[C@H](OC(=O)CC(C)(C)C(=O)O)C(C)(C)[C@@H]5CC[C@@]4(C)[C@]3(C)CC[C@@]2(CCNC2(c3ncccn3)CC2)CC1=O. The Morgan fingerprint density at radius 2 is 1.62 bits per heavy atom. The van der Waals surface area contributed by atoms with Gasteiger partial charge in [0.15, 0.2) is 5.78 Å². The highest BCUT2D eigenvalue weighted by Gasteiger charge is 2.70. The van der Waals surface area contributed by atoms with Crippen molar-refractivity contribution in [2.75, 3.05) is 6.54 Å². The highest BCUT2D eigenvalue weighted by molar-refractivity contribution is 6.00. The maximum atomic E-state index is 14.1. The fraction of sp³-hybridized carbons (Fsp3) is 0.795. The summed E-state index contributed by atoms with van der Waals surface area (Å²) in [7, 11) is 0. The Morgan fingerprint density at radius 3 is 2.25 bits per heavy atom. The van der Waals surface area contributed by atoms with Crippen LogP contribution in [0.25, 0.3) is 0 Å². The van der Waals surface area contributed by atoms with E-state index in [2.05, 4.69) is 63.8 Å². The highest BCUT2D eigenvalue weighted by atomic mass is 16.5. The Morgan fingerprint density at radius 1 is 0.923 bits per heavy atom. The van der Waals surface area contributed by atoms with Gasteiger partial charge in [-0.25, -0.2) is 9.97 Å². The third kappa shape index (κ3) is 5.56. The van der Waals surface area contributed by atoms with Crippen LogP contribution in [0.1, 0.15) is 152 Å². The molecule has 2 N–H and O–H groups in total. The Labute approximate surface area is 312 Å². The second-order valence-electron chi connectivity index (χ2n) is 20.5. The smallest absolute Gasteiger partial charge is 0.309 e. The third-order valence-corrected chi connectivity index (χ3v) is 16.8. The number of carbonyl (C=O) groups is 3. The van der Waals surface area contributed by atoms with E-state index in [1.165, 1.54) is 12.0 Å². The second-order valence-corrected chi connectivity index (χ2v) is 20.5. The molecule has 0 bridgehead atoms. The summed E-state index contributed by atoms with van der Waals surface area (Å²) in [5, 5.41) is 13.5. The number of carboxylic acids is 1. The van der Waals surface area contributed by atoms with Gasteiger partial charge in [-0.1, -0.05) is 54.0 Å². The van der Waals surface area contributed by atoms with Crippen molar-refractivity contribution < 1.29 is 24.2 Å². The topological polar surface area (TPSA) is 118 Å². The van der Waals surface area contributed by atoms with Gasteiger partial charge in [-0.3, -0.25) is 14.4 Å². The quantitative estimate of drug-likeness (QED) is 0.231. The lowest BCUT2D eigenvalue weighted by molar-refractivity contribution is -0.233. The van der Waals surface area contributed by atoms with Gasteiger partial charge in [0.25, 0.3) is 0 Å². The number of allylic oxidation sites excluding steroid dienone is 2. The maximum Gasteiger partial charge on any atom is 0.309 e. The Balaban J connectivity index is 1.13. The first kappa shape index (κ1) is 37.7. The molecule has 8 atom stereocenters. The molecule has 0 aliphatic heterocycles. The van der Waals surface area contributed by atoms with Gasteiger partial charge in [-0.05, 0) is 143 Å². The number of ketones is 1. The number of hydrogen-bond donors (Lipinski definition) is 2. The van der Waals surface area contributed by atoms with E-state index in [0.717, 1.165) is 82.2 Å². The van der Waals surface area contributed by atoms with Crippen LogP contribution in [0.3, 0.4) is 0 Å². The zero-order chi connectivity index (χ0) is 37.7. The Kier molecular flexibility index (Phi) is 9.03. The summed E-state index contributed by atoms with van der Waals surface area (Å²) in [6.45, 7) is 20.9. The van der Waals surface area contributed by atoms with Gasteiger partial charge < -0.3 is 15.2 Å². The van der Waals surface area contributed by atoms with Crippen molar-refractivity contribution in [3.05, 3.63) is 35.4 Å². The molecular weight excluding hydrogens is 651 g/mol. The molecule has 5 saturated carbocycles. The lowest BCUT2D eigenvalue weighted by atomic mass is 9.33. The molecule has 286 valence electrons. The van der Waals surface area contributed by atoms with Crippen LogP contribution in [0, 0.1) is 56.2 Å². The second kappa shape index (κ2) is 12.5. The van der Waals surface area contributed by atoms with Crippen LogP contribution >= 0.6 is 0 Å². The van der Waals surface area contributed by atoms with Crippen LogP contribution in [-0.2, 0) is 24.7 Å². The van der Waals surface area contributed by atoms with Crippen LogP contribution in [0.15, 0.2) is 29.6 Å². The molecule has 7 rings (SSSR count). The number of rotatable bonds is 10. The van der Waals surface area contributed by atoms with Crippen molar-refractivity contribution in [3.63, 3.8) is 0 Å². The van der Waals surface area contributed by atoms with Gasteiger partial charge in [0, 0.05) is 29.6 Å². The average molecular weight is 716 g/mol. The normalized spacial score (nSPS) is 38.9. The molecule has 0 amide bonds. The van der Waals surface area contributed by atoms with Crippen LogP contribution in [0.5, 0.6) is 0 Å². The van der Waals surface area contributed by atoms with Gasteiger partial charge in [-0.2, -0.15) is 0 Å². The molecule has 1 heterocycles. The Bertz CT molecular complexity index is 1650. The summed E-state index contributed by atoms with van der Waals surface area (Å²) < 4.78 is 6.19. The Hall–Kier alpha value is -2.61. The van der Waals surface area contributed by atoms with Crippen molar-refractivity contribution >= 4 is 17.7 Å². The molecule has 0 radical (unpaired) electrons. The van der Waals surface area contributed by atoms with Crippen molar-refractivity contribution in [3.8, 4) is 0 Å². The number of Topliss-reactive ketones (excluding diaryl/α,β-unsaturated/α-hetero) is 1. The van der Waals surface area contributed by atoms with E-state index in [0.29, 0.717) is 30.0 Å². The number of hydrogen-bond acceptors (Lipinski definition) is 7. The highest BCUT2D eigenvalue weighted by Crippen LogP contribution is 2.77. The van der Waals surface area contributed by atoms with Crippen LogP contribution in [0.4, 0.5) is 0 Å². The van der Waals surface area contributed by atoms with Gasteiger partial charge in [0.1, 0.15) is 11.9 Å². The summed E-state index contributed by atoms with van der Waals surface area (Å²) in [6.07, 6.45) is 15.7. The molecule has 1 aromatic heterocycles. The number of aromatic nitrogens is 2. The fourth-order valence-corrected chi connectivity index (χ4v) is 13.6. The van der Waals surface area contributed by atoms with Crippen molar-refractivity contribution in [1.82, 2.24) is 15.3 Å². The summed E-state index contributed by atoms with van der Waals surface area (Å²) in [4.78, 5) is 48.1. The molecule has 0 saturated heterocycles. The summed E-state index contributed by atoms with van der Waals surface area (Å²) in [5.74, 6) is 1.53. The number of nitrogens with one attached hydrogen (secondary N) is 1. The van der Waals surface area contributed by atoms with Crippen molar-refractivity contribution in [1.29, 1.82) is 0 Å². The molecule has 5 fully saturated rings. The zero-order valence-corrected chi connectivity index (χ0v) is 33.5. The molecule has 0 aromatic carbocycles. The molecule has 52 heavy (non-hydrogen) atoms. The lowest BCUT2D eigenvalue weighted by Gasteiger charge is -2.72.